The Morgan fingerprint density at radius 3 is 2.54 bits per heavy atom. The number of anilines is 1. The predicted octanol–water partition coefficient (Wildman–Crippen LogP) is 3.98. The van der Waals surface area contributed by atoms with Crippen molar-refractivity contribution < 1.29 is 9.47 Å². The number of methoxy groups -OCH3 is 1. The molecule has 5 rings (SSSR count). The molecular formula is C29H37N7O3. The third-order valence-electron chi connectivity index (χ3n) is 7.73. The molecule has 10 nitrogen and oxygen atoms in total. The van der Waals surface area contributed by atoms with Gasteiger partial charge in [0.15, 0.2) is 5.82 Å². The second-order valence-electron chi connectivity index (χ2n) is 10.4. The molecule has 2 aromatic carbocycles. The number of hydrogen-bond acceptors (Lipinski definition) is 8. The Balaban J connectivity index is 1.57. The lowest BCUT2D eigenvalue weighted by Crippen LogP contribution is -2.49. The maximum Gasteiger partial charge on any atom is 0.253 e. The molecule has 2 aromatic heterocycles. The molecule has 0 aliphatic carbocycles. The number of para-hydroxylation sites is 2. The highest BCUT2D eigenvalue weighted by atomic mass is 16.5. The lowest BCUT2D eigenvalue weighted by molar-refractivity contribution is 0.186. The van der Waals surface area contributed by atoms with E-state index in [1.807, 2.05) is 54.1 Å². The quantitative estimate of drug-likeness (QED) is 0.346. The van der Waals surface area contributed by atoms with Crippen molar-refractivity contribution in [1.29, 1.82) is 0 Å². The van der Waals surface area contributed by atoms with Crippen molar-refractivity contribution in [1.82, 2.24) is 30.1 Å². The van der Waals surface area contributed by atoms with Crippen LogP contribution < -0.4 is 19.9 Å². The summed E-state index contributed by atoms with van der Waals surface area (Å²) in [6.07, 6.45) is 0.838. The number of ether oxygens (including phenoxy) is 2. The maximum absolute atomic E-state index is 13.6. The number of nitrogens with zero attached hydrogens (tertiary/aromatic N) is 6. The van der Waals surface area contributed by atoms with Gasteiger partial charge in [0, 0.05) is 42.6 Å². The van der Waals surface area contributed by atoms with Gasteiger partial charge in [-0.3, -0.25) is 9.69 Å². The maximum atomic E-state index is 13.6. The number of fused-ring (bicyclic) bond motifs is 1. The number of hydrogen-bond donors (Lipinski definition) is 1. The predicted molar refractivity (Wildman–Crippen MR) is 152 cm³/mol. The van der Waals surface area contributed by atoms with Gasteiger partial charge in [0.05, 0.1) is 24.9 Å². The Morgan fingerprint density at radius 2 is 1.82 bits per heavy atom. The fourth-order valence-corrected chi connectivity index (χ4v) is 5.22. The number of nitrogens with one attached hydrogen (secondary N) is 1. The first-order valence-corrected chi connectivity index (χ1v) is 13.6. The van der Waals surface area contributed by atoms with Gasteiger partial charge in [-0.2, -0.15) is 0 Å². The zero-order valence-electron chi connectivity index (χ0n) is 23.3. The van der Waals surface area contributed by atoms with Crippen molar-refractivity contribution in [2.45, 2.75) is 45.7 Å². The fourth-order valence-electron chi connectivity index (χ4n) is 5.22. The van der Waals surface area contributed by atoms with Crippen LogP contribution in [0.25, 0.3) is 10.9 Å². The van der Waals surface area contributed by atoms with E-state index in [4.69, 9.17) is 9.47 Å². The molecule has 0 amide bonds. The minimum atomic E-state index is -0.422. The molecule has 4 aromatic rings. The summed E-state index contributed by atoms with van der Waals surface area (Å²) < 4.78 is 13.2. The molecule has 1 saturated heterocycles. The summed E-state index contributed by atoms with van der Waals surface area (Å²) in [5, 5.41) is 13.9. The van der Waals surface area contributed by atoms with Gasteiger partial charge >= 0.3 is 0 Å². The van der Waals surface area contributed by atoms with Crippen molar-refractivity contribution >= 4 is 16.6 Å². The van der Waals surface area contributed by atoms with Crippen LogP contribution in [0, 0.1) is 0 Å². The van der Waals surface area contributed by atoms with Crippen molar-refractivity contribution in [2.24, 2.45) is 0 Å². The third kappa shape index (κ3) is 5.21. The largest absolute Gasteiger partial charge is 0.495 e. The van der Waals surface area contributed by atoms with Crippen molar-refractivity contribution in [2.75, 3.05) is 44.8 Å². The van der Waals surface area contributed by atoms with E-state index in [1.54, 1.807) is 7.11 Å². The van der Waals surface area contributed by atoms with Crippen LogP contribution in [-0.2, 0) is 5.54 Å². The number of benzene rings is 2. The van der Waals surface area contributed by atoms with E-state index in [0.29, 0.717) is 18.0 Å². The highest BCUT2D eigenvalue weighted by Gasteiger charge is 2.36. The zero-order valence-corrected chi connectivity index (χ0v) is 23.3. The fraction of sp³-hybridized carbons (Fsp3) is 0.448. The van der Waals surface area contributed by atoms with Gasteiger partial charge in [-0.1, -0.05) is 19.1 Å². The molecular weight excluding hydrogens is 494 g/mol. The molecule has 0 spiro atoms. The highest BCUT2D eigenvalue weighted by molar-refractivity contribution is 5.80. The molecule has 0 radical (unpaired) electrons. The second-order valence-corrected chi connectivity index (χ2v) is 10.4. The van der Waals surface area contributed by atoms with Crippen LogP contribution in [0.3, 0.4) is 0 Å². The Morgan fingerprint density at radius 1 is 1.05 bits per heavy atom. The summed E-state index contributed by atoms with van der Waals surface area (Å²) in [5.74, 6) is 2.28. The van der Waals surface area contributed by atoms with Crippen LogP contribution in [0.4, 0.5) is 5.69 Å². The van der Waals surface area contributed by atoms with Gasteiger partial charge in [-0.05, 0) is 74.0 Å². The summed E-state index contributed by atoms with van der Waals surface area (Å²) in [5.41, 5.74) is 1.99. The Hall–Kier alpha value is -3.92. The monoisotopic (exact) mass is 531 g/mol. The molecule has 3 heterocycles. The molecule has 1 N–H and O–H groups in total. The smallest absolute Gasteiger partial charge is 0.253 e. The van der Waals surface area contributed by atoms with E-state index >= 15 is 0 Å². The highest BCUT2D eigenvalue weighted by Crippen LogP contribution is 2.34. The molecule has 206 valence electrons. The van der Waals surface area contributed by atoms with Crippen LogP contribution in [0.2, 0.25) is 0 Å². The lowest BCUT2D eigenvalue weighted by atomic mass is 9.98. The molecule has 1 fully saturated rings. The SMILES string of the molecule is CCOc1ccc2[nH]c(=O)c([C@H](c3nnnn3C(C)(C)CC)N3CCN(c4ccccc4OC)CC3)cc2c1. The summed E-state index contributed by atoms with van der Waals surface area (Å²) in [7, 11) is 1.70. The molecule has 10 heteroatoms. The van der Waals surface area contributed by atoms with E-state index < -0.39 is 6.04 Å². The summed E-state index contributed by atoms with van der Waals surface area (Å²) in [6.45, 7) is 11.9. The van der Waals surface area contributed by atoms with E-state index in [0.717, 1.165) is 60.7 Å². The molecule has 0 unspecified atom stereocenters. The lowest BCUT2D eigenvalue weighted by Gasteiger charge is -2.40. The molecule has 0 saturated carbocycles. The standard InChI is InChI=1S/C29H37N7O3/c1-6-29(3,4)36-27(31-32-33-36)26(22-19-20-18-21(39-7-2)12-13-23(20)30-28(22)37)35-16-14-34(15-17-35)24-10-8-9-11-25(24)38-5/h8-13,18-19,26H,6-7,14-17H2,1-5H3,(H,30,37)/t26-/m1/s1. The number of tetrazole rings is 1. The minimum Gasteiger partial charge on any atom is -0.495 e. The van der Waals surface area contributed by atoms with E-state index in [-0.39, 0.29) is 11.1 Å². The normalized spacial score (nSPS) is 15.5. The van der Waals surface area contributed by atoms with Crippen LogP contribution in [0.5, 0.6) is 11.5 Å². The molecule has 1 atom stereocenters. The number of H-pyrrole nitrogens is 1. The Bertz CT molecular complexity index is 1490. The van der Waals surface area contributed by atoms with Crippen LogP contribution in [0.15, 0.2) is 53.3 Å². The van der Waals surface area contributed by atoms with Gasteiger partial charge in [-0.25, -0.2) is 4.68 Å². The van der Waals surface area contributed by atoms with Gasteiger partial charge in [0.25, 0.3) is 5.56 Å². The molecule has 1 aliphatic heterocycles. The number of piperazine rings is 1. The average Bonchev–Trinajstić information content (AvgIpc) is 3.45. The summed E-state index contributed by atoms with van der Waals surface area (Å²) in [4.78, 5) is 21.3. The summed E-state index contributed by atoms with van der Waals surface area (Å²) >= 11 is 0. The molecule has 1 aliphatic rings. The van der Waals surface area contributed by atoms with Crippen molar-refractivity contribution in [3.63, 3.8) is 0 Å². The van der Waals surface area contributed by atoms with Crippen molar-refractivity contribution in [3.05, 3.63) is 70.3 Å². The van der Waals surface area contributed by atoms with E-state index in [1.165, 1.54) is 0 Å². The van der Waals surface area contributed by atoms with E-state index in [2.05, 4.69) is 57.1 Å². The first kappa shape index (κ1) is 26.7. The van der Waals surface area contributed by atoms with Gasteiger partial charge < -0.3 is 19.4 Å². The number of aromatic nitrogens is 5. The molecule has 0 bridgehead atoms. The van der Waals surface area contributed by atoms with Gasteiger partial charge in [0.1, 0.15) is 17.5 Å². The van der Waals surface area contributed by atoms with Crippen LogP contribution in [-0.4, -0.2) is 70.0 Å². The first-order chi connectivity index (χ1) is 18.9. The number of pyridine rings is 1. The van der Waals surface area contributed by atoms with Gasteiger partial charge in [0.2, 0.25) is 0 Å². The topological polar surface area (TPSA) is 101 Å². The van der Waals surface area contributed by atoms with E-state index in [9.17, 15) is 4.79 Å². The first-order valence-electron chi connectivity index (χ1n) is 13.6. The van der Waals surface area contributed by atoms with Crippen LogP contribution >= 0.6 is 0 Å². The molecule has 39 heavy (non-hydrogen) atoms. The minimum absolute atomic E-state index is 0.146. The second kappa shape index (κ2) is 11.1. The Kier molecular flexibility index (Phi) is 7.56. The van der Waals surface area contributed by atoms with Crippen molar-refractivity contribution in [3.8, 4) is 11.5 Å². The third-order valence-corrected chi connectivity index (χ3v) is 7.73. The van der Waals surface area contributed by atoms with Crippen LogP contribution in [0.1, 0.15) is 51.5 Å². The Labute approximate surface area is 228 Å². The average molecular weight is 532 g/mol. The van der Waals surface area contributed by atoms with Gasteiger partial charge in [-0.15, -0.1) is 5.10 Å². The number of rotatable bonds is 9. The summed E-state index contributed by atoms with van der Waals surface area (Å²) in [6, 6.07) is 15.3. The zero-order chi connectivity index (χ0) is 27.6. The number of aromatic amines is 1.